The van der Waals surface area contributed by atoms with Gasteiger partial charge >= 0.3 is 0 Å². The minimum atomic E-state index is -0.268. The Morgan fingerprint density at radius 1 is 1.47 bits per heavy atom. The van der Waals surface area contributed by atoms with Crippen LogP contribution in [0, 0.1) is 6.92 Å². The number of nitrogen functional groups attached to an aromatic ring is 1. The molecule has 2 rings (SSSR count). The summed E-state index contributed by atoms with van der Waals surface area (Å²) in [5, 5.41) is 6.13. The Kier molecular flexibility index (Phi) is 4.29. The van der Waals surface area contributed by atoms with Crippen molar-refractivity contribution in [3.05, 3.63) is 43.8 Å². The van der Waals surface area contributed by atoms with Gasteiger partial charge in [0.2, 0.25) is 0 Å². The van der Waals surface area contributed by atoms with Crippen LogP contribution in [0.15, 0.2) is 17.5 Å². The van der Waals surface area contributed by atoms with Crippen molar-refractivity contribution in [3.63, 3.8) is 0 Å². The number of nitrogens with zero attached hydrogens (tertiary/aromatic N) is 1. The quantitative estimate of drug-likeness (QED) is 0.854. The molecule has 0 aliphatic carbocycles. The van der Waals surface area contributed by atoms with Gasteiger partial charge in [-0.15, -0.1) is 11.3 Å². The van der Waals surface area contributed by atoms with Crippen LogP contribution in [-0.2, 0) is 6.54 Å². The van der Waals surface area contributed by atoms with Gasteiger partial charge < -0.3 is 11.1 Å². The minimum Gasteiger partial charge on any atom is -0.397 e. The molecule has 0 saturated carbocycles. The lowest BCUT2D eigenvalue weighted by atomic mass is 10.2. The second-order valence-corrected chi connectivity index (χ2v) is 5.75. The van der Waals surface area contributed by atoms with E-state index in [2.05, 4.69) is 10.3 Å². The summed E-state index contributed by atoms with van der Waals surface area (Å²) in [6, 6.07) is 2.98. The summed E-state index contributed by atoms with van der Waals surface area (Å²) in [4.78, 5) is 16.2. The maximum absolute atomic E-state index is 11.9. The van der Waals surface area contributed by atoms with Crippen LogP contribution in [0.2, 0.25) is 10.0 Å². The third-order valence-electron chi connectivity index (χ3n) is 2.42. The smallest absolute Gasteiger partial charge is 0.251 e. The fourth-order valence-electron chi connectivity index (χ4n) is 1.50. The van der Waals surface area contributed by atoms with Crippen molar-refractivity contribution >= 4 is 46.1 Å². The number of thiazole rings is 1. The highest BCUT2D eigenvalue weighted by Gasteiger charge is 2.11. The molecular formula is C12H11Cl2N3OS. The number of carbonyl (C=O) groups excluding carboxylic acids is 1. The van der Waals surface area contributed by atoms with Crippen molar-refractivity contribution < 1.29 is 4.79 Å². The van der Waals surface area contributed by atoms with Crippen LogP contribution in [0.1, 0.15) is 21.1 Å². The highest BCUT2D eigenvalue weighted by molar-refractivity contribution is 7.09. The molecule has 1 heterocycles. The van der Waals surface area contributed by atoms with Crippen LogP contribution in [-0.4, -0.2) is 10.9 Å². The van der Waals surface area contributed by atoms with Gasteiger partial charge in [0.05, 0.1) is 33.0 Å². The van der Waals surface area contributed by atoms with E-state index in [-0.39, 0.29) is 21.6 Å². The third-order valence-corrected chi connectivity index (χ3v) is 4.05. The third kappa shape index (κ3) is 3.37. The Morgan fingerprint density at radius 3 is 2.79 bits per heavy atom. The Bertz CT molecular complexity index is 604. The lowest BCUT2D eigenvalue weighted by Gasteiger charge is -2.07. The molecule has 1 amide bonds. The van der Waals surface area contributed by atoms with Gasteiger partial charge in [0, 0.05) is 10.9 Å². The van der Waals surface area contributed by atoms with E-state index in [9.17, 15) is 4.79 Å². The van der Waals surface area contributed by atoms with Crippen molar-refractivity contribution in [1.29, 1.82) is 0 Å². The van der Waals surface area contributed by atoms with Crippen molar-refractivity contribution in [2.75, 3.05) is 5.73 Å². The fraction of sp³-hybridized carbons (Fsp3) is 0.167. The van der Waals surface area contributed by atoms with Crippen molar-refractivity contribution in [1.82, 2.24) is 10.3 Å². The van der Waals surface area contributed by atoms with E-state index in [1.807, 2.05) is 12.3 Å². The Morgan fingerprint density at radius 2 is 2.21 bits per heavy atom. The predicted molar refractivity (Wildman–Crippen MR) is 78.9 cm³/mol. The van der Waals surface area contributed by atoms with Gasteiger partial charge in [-0.1, -0.05) is 23.2 Å². The van der Waals surface area contributed by atoms with Gasteiger partial charge in [0.1, 0.15) is 0 Å². The zero-order valence-electron chi connectivity index (χ0n) is 10.0. The Hall–Kier alpha value is -1.30. The molecule has 7 heteroatoms. The van der Waals surface area contributed by atoms with E-state index in [1.165, 1.54) is 23.5 Å². The Balaban J connectivity index is 2.08. The van der Waals surface area contributed by atoms with Crippen molar-refractivity contribution in [3.8, 4) is 0 Å². The molecule has 1 aromatic heterocycles. The first-order valence-electron chi connectivity index (χ1n) is 5.41. The number of benzene rings is 1. The topological polar surface area (TPSA) is 68.0 Å². The average Bonchev–Trinajstić information content (AvgIpc) is 2.78. The first-order valence-corrected chi connectivity index (χ1v) is 7.04. The number of amides is 1. The second kappa shape index (κ2) is 5.77. The Labute approximate surface area is 124 Å². The average molecular weight is 316 g/mol. The molecular weight excluding hydrogens is 305 g/mol. The van der Waals surface area contributed by atoms with Crippen LogP contribution < -0.4 is 11.1 Å². The summed E-state index contributed by atoms with van der Waals surface area (Å²) in [5.74, 6) is -0.268. The highest BCUT2D eigenvalue weighted by atomic mass is 35.5. The first kappa shape index (κ1) is 14.1. The SMILES string of the molecule is Cc1nc(CNC(=O)c2cc(N)c(Cl)c(Cl)c2)cs1. The monoisotopic (exact) mass is 315 g/mol. The minimum absolute atomic E-state index is 0.258. The number of halogens is 2. The van der Waals surface area contributed by atoms with E-state index < -0.39 is 0 Å². The van der Waals surface area contributed by atoms with Gasteiger partial charge in [-0.25, -0.2) is 4.98 Å². The summed E-state index contributed by atoms with van der Waals surface area (Å²) in [6.45, 7) is 2.28. The highest BCUT2D eigenvalue weighted by Crippen LogP contribution is 2.29. The molecule has 1 aromatic carbocycles. The summed E-state index contributed by atoms with van der Waals surface area (Å²) in [6.07, 6.45) is 0. The molecule has 4 nitrogen and oxygen atoms in total. The number of carbonyl (C=O) groups is 1. The van der Waals surface area contributed by atoms with Crippen LogP contribution in [0.4, 0.5) is 5.69 Å². The van der Waals surface area contributed by atoms with Gasteiger partial charge in [0.15, 0.2) is 0 Å². The van der Waals surface area contributed by atoms with Crippen molar-refractivity contribution in [2.45, 2.75) is 13.5 Å². The number of nitrogens with one attached hydrogen (secondary N) is 1. The zero-order chi connectivity index (χ0) is 14.0. The van der Waals surface area contributed by atoms with E-state index >= 15 is 0 Å². The molecule has 0 bridgehead atoms. The van der Waals surface area contributed by atoms with E-state index in [0.717, 1.165) is 10.7 Å². The maximum Gasteiger partial charge on any atom is 0.251 e. The number of anilines is 1. The largest absolute Gasteiger partial charge is 0.397 e. The molecule has 0 radical (unpaired) electrons. The molecule has 0 atom stereocenters. The second-order valence-electron chi connectivity index (χ2n) is 3.90. The molecule has 19 heavy (non-hydrogen) atoms. The fourth-order valence-corrected chi connectivity index (χ4v) is 2.45. The standard InChI is InChI=1S/C12H11Cl2N3OS/c1-6-17-8(5-19-6)4-16-12(18)7-2-9(13)11(14)10(15)3-7/h2-3,5H,4,15H2,1H3,(H,16,18). The molecule has 0 unspecified atom stereocenters. The molecule has 0 fully saturated rings. The zero-order valence-corrected chi connectivity index (χ0v) is 12.4. The van der Waals surface area contributed by atoms with Gasteiger partial charge in [0.25, 0.3) is 5.91 Å². The number of hydrogen-bond acceptors (Lipinski definition) is 4. The van der Waals surface area contributed by atoms with Gasteiger partial charge in [-0.2, -0.15) is 0 Å². The molecule has 3 N–H and O–H groups in total. The maximum atomic E-state index is 11.9. The molecule has 2 aromatic rings. The van der Waals surface area contributed by atoms with Crippen LogP contribution in [0.3, 0.4) is 0 Å². The summed E-state index contributed by atoms with van der Waals surface area (Å²) in [7, 11) is 0. The number of nitrogens with two attached hydrogens (primary N) is 1. The van der Waals surface area contributed by atoms with Crippen LogP contribution in [0.25, 0.3) is 0 Å². The predicted octanol–water partition coefficient (Wildman–Crippen LogP) is 3.27. The molecule has 0 aliphatic rings. The van der Waals surface area contributed by atoms with E-state index in [4.69, 9.17) is 28.9 Å². The summed E-state index contributed by atoms with van der Waals surface area (Å²) >= 11 is 13.3. The normalized spacial score (nSPS) is 10.5. The van der Waals surface area contributed by atoms with Crippen LogP contribution in [0.5, 0.6) is 0 Å². The number of hydrogen-bond donors (Lipinski definition) is 2. The summed E-state index contributed by atoms with van der Waals surface area (Å²) < 4.78 is 0. The van der Waals surface area contributed by atoms with Crippen molar-refractivity contribution in [2.24, 2.45) is 0 Å². The van der Waals surface area contributed by atoms with E-state index in [1.54, 1.807) is 0 Å². The number of aryl methyl sites for hydroxylation is 1. The summed E-state index contributed by atoms with van der Waals surface area (Å²) in [5.41, 5.74) is 7.14. The molecule has 0 aliphatic heterocycles. The van der Waals surface area contributed by atoms with E-state index in [0.29, 0.717) is 12.1 Å². The molecule has 100 valence electrons. The molecule has 0 saturated heterocycles. The van der Waals surface area contributed by atoms with Gasteiger partial charge in [-0.05, 0) is 19.1 Å². The van der Waals surface area contributed by atoms with Gasteiger partial charge in [-0.3, -0.25) is 4.79 Å². The van der Waals surface area contributed by atoms with Crippen LogP contribution >= 0.6 is 34.5 Å². The lowest BCUT2D eigenvalue weighted by molar-refractivity contribution is 0.0950. The number of rotatable bonds is 3. The number of aromatic nitrogens is 1. The molecule has 0 spiro atoms. The lowest BCUT2D eigenvalue weighted by Crippen LogP contribution is -2.23. The first-order chi connectivity index (χ1) is 8.97.